The van der Waals surface area contributed by atoms with Crippen molar-refractivity contribution in [2.24, 2.45) is 5.92 Å². The van der Waals surface area contributed by atoms with Crippen LogP contribution in [0.4, 0.5) is 5.13 Å². The summed E-state index contributed by atoms with van der Waals surface area (Å²) in [4.78, 5) is 30.7. The third kappa shape index (κ3) is 4.11. The number of likely N-dealkylation sites (tertiary alicyclic amines) is 1. The number of carbonyl (C=O) groups is 2. The van der Waals surface area contributed by atoms with Gasteiger partial charge >= 0.3 is 0 Å². The first-order chi connectivity index (χ1) is 13.2. The van der Waals surface area contributed by atoms with E-state index in [0.717, 1.165) is 18.4 Å². The Hall–Kier alpha value is -2.87. The van der Waals surface area contributed by atoms with Gasteiger partial charge < -0.3 is 19.7 Å². The normalized spacial score (nSPS) is 18.7. The van der Waals surface area contributed by atoms with Gasteiger partial charge in [-0.2, -0.15) is 0 Å². The van der Waals surface area contributed by atoms with Gasteiger partial charge in [-0.05, 0) is 36.6 Å². The maximum Gasteiger partial charge on any atom is 0.246 e. The fourth-order valence-corrected chi connectivity index (χ4v) is 3.71. The average Bonchev–Trinajstić information content (AvgIpc) is 3.37. The van der Waals surface area contributed by atoms with Crippen LogP contribution in [-0.4, -0.2) is 41.6 Å². The minimum Gasteiger partial charge on any atom is -0.454 e. The van der Waals surface area contributed by atoms with Crippen molar-refractivity contribution in [3.63, 3.8) is 0 Å². The monoisotopic (exact) mass is 385 g/mol. The molecule has 1 aromatic carbocycles. The molecule has 27 heavy (non-hydrogen) atoms. The van der Waals surface area contributed by atoms with E-state index in [0.29, 0.717) is 29.7 Å². The largest absolute Gasteiger partial charge is 0.454 e. The van der Waals surface area contributed by atoms with Gasteiger partial charge in [0.25, 0.3) is 0 Å². The van der Waals surface area contributed by atoms with E-state index >= 15 is 0 Å². The molecule has 1 fully saturated rings. The van der Waals surface area contributed by atoms with E-state index in [-0.39, 0.29) is 24.5 Å². The van der Waals surface area contributed by atoms with Crippen molar-refractivity contribution in [2.45, 2.75) is 12.8 Å². The predicted octanol–water partition coefficient (Wildman–Crippen LogP) is 2.76. The van der Waals surface area contributed by atoms with Crippen LogP contribution < -0.4 is 14.8 Å². The molecule has 1 saturated heterocycles. The van der Waals surface area contributed by atoms with Crippen LogP contribution in [-0.2, 0) is 9.59 Å². The van der Waals surface area contributed by atoms with Crippen LogP contribution in [0.3, 0.4) is 0 Å². The predicted molar refractivity (Wildman–Crippen MR) is 102 cm³/mol. The number of piperidine rings is 1. The lowest BCUT2D eigenvalue weighted by Gasteiger charge is -2.31. The van der Waals surface area contributed by atoms with Crippen LogP contribution in [0.15, 0.2) is 35.9 Å². The molecular formula is C19H19N3O4S. The van der Waals surface area contributed by atoms with Gasteiger partial charge in [0.2, 0.25) is 18.6 Å². The Morgan fingerprint density at radius 3 is 3.04 bits per heavy atom. The third-order valence-electron chi connectivity index (χ3n) is 4.58. The Balaban J connectivity index is 1.36. The smallest absolute Gasteiger partial charge is 0.246 e. The molecule has 1 unspecified atom stereocenters. The van der Waals surface area contributed by atoms with Crippen molar-refractivity contribution in [3.05, 3.63) is 41.4 Å². The molecule has 0 spiro atoms. The van der Waals surface area contributed by atoms with Crippen molar-refractivity contribution < 1.29 is 19.1 Å². The molecule has 3 heterocycles. The highest BCUT2D eigenvalue weighted by Crippen LogP contribution is 2.32. The van der Waals surface area contributed by atoms with Crippen molar-refractivity contribution in [2.75, 3.05) is 25.2 Å². The number of fused-ring (bicyclic) bond motifs is 1. The summed E-state index contributed by atoms with van der Waals surface area (Å²) in [5, 5.41) is 5.22. The summed E-state index contributed by atoms with van der Waals surface area (Å²) < 4.78 is 10.6. The van der Waals surface area contributed by atoms with Gasteiger partial charge in [-0.3, -0.25) is 9.59 Å². The average molecular weight is 385 g/mol. The maximum atomic E-state index is 12.5. The van der Waals surface area contributed by atoms with Crippen LogP contribution in [0.1, 0.15) is 18.4 Å². The summed E-state index contributed by atoms with van der Waals surface area (Å²) in [5.41, 5.74) is 0.864. The van der Waals surface area contributed by atoms with E-state index in [1.807, 2.05) is 23.6 Å². The van der Waals surface area contributed by atoms with E-state index in [9.17, 15) is 9.59 Å². The van der Waals surface area contributed by atoms with Crippen molar-refractivity contribution >= 4 is 34.4 Å². The van der Waals surface area contributed by atoms with Gasteiger partial charge in [0.15, 0.2) is 16.6 Å². The van der Waals surface area contributed by atoms with Crippen molar-refractivity contribution in [1.29, 1.82) is 0 Å². The molecule has 2 aliphatic heterocycles. The van der Waals surface area contributed by atoms with E-state index in [2.05, 4.69) is 10.3 Å². The van der Waals surface area contributed by atoms with Gasteiger partial charge in [-0.15, -0.1) is 11.3 Å². The second-order valence-corrected chi connectivity index (χ2v) is 7.29. The second kappa shape index (κ2) is 7.79. The van der Waals surface area contributed by atoms with Gasteiger partial charge in [0.05, 0.1) is 5.92 Å². The van der Waals surface area contributed by atoms with Crippen LogP contribution >= 0.6 is 11.3 Å². The molecule has 0 aliphatic carbocycles. The summed E-state index contributed by atoms with van der Waals surface area (Å²) >= 11 is 1.38. The maximum absolute atomic E-state index is 12.5. The summed E-state index contributed by atoms with van der Waals surface area (Å²) in [5.74, 6) is 0.997. The molecule has 2 aliphatic rings. The highest BCUT2D eigenvalue weighted by Gasteiger charge is 2.28. The van der Waals surface area contributed by atoms with Gasteiger partial charge in [-0.1, -0.05) is 6.07 Å². The molecule has 2 amide bonds. The summed E-state index contributed by atoms with van der Waals surface area (Å²) in [6.07, 6.45) is 6.52. The van der Waals surface area contributed by atoms with E-state index in [1.54, 1.807) is 23.2 Å². The molecule has 140 valence electrons. The van der Waals surface area contributed by atoms with Gasteiger partial charge in [-0.25, -0.2) is 4.98 Å². The molecule has 1 atom stereocenters. The lowest BCUT2D eigenvalue weighted by atomic mass is 9.97. The molecule has 7 nitrogen and oxygen atoms in total. The van der Waals surface area contributed by atoms with Crippen molar-refractivity contribution in [1.82, 2.24) is 9.88 Å². The van der Waals surface area contributed by atoms with E-state index in [4.69, 9.17) is 9.47 Å². The van der Waals surface area contributed by atoms with E-state index < -0.39 is 0 Å². The Labute approximate surface area is 160 Å². The third-order valence-corrected chi connectivity index (χ3v) is 5.27. The lowest BCUT2D eigenvalue weighted by Crippen LogP contribution is -2.43. The zero-order valence-electron chi connectivity index (χ0n) is 14.6. The Kier molecular flexibility index (Phi) is 5.06. The molecule has 2 aromatic rings. The fourth-order valence-electron chi connectivity index (χ4n) is 3.17. The number of amides is 2. The quantitative estimate of drug-likeness (QED) is 0.819. The second-order valence-electron chi connectivity index (χ2n) is 6.40. The number of nitrogens with zero attached hydrogens (tertiary/aromatic N) is 2. The number of aromatic nitrogens is 1. The fraction of sp³-hybridized carbons (Fsp3) is 0.316. The molecule has 8 heteroatoms. The zero-order chi connectivity index (χ0) is 18.6. The van der Waals surface area contributed by atoms with Gasteiger partial charge in [0, 0.05) is 30.7 Å². The standard InChI is InChI=1S/C19H19N3O4S/c23-17(6-4-13-3-5-15-16(10-13)26-12-25-15)22-8-1-2-14(11-22)18(24)21-19-20-7-9-27-19/h3-7,9-10,14H,1-2,8,11-12H2,(H,20,21,24)/b6-4+. The molecule has 1 N–H and O–H groups in total. The van der Waals surface area contributed by atoms with Crippen LogP contribution in [0, 0.1) is 5.92 Å². The van der Waals surface area contributed by atoms with Crippen LogP contribution in [0.25, 0.3) is 6.08 Å². The Morgan fingerprint density at radius 1 is 1.30 bits per heavy atom. The highest BCUT2D eigenvalue weighted by atomic mass is 32.1. The minimum absolute atomic E-state index is 0.0813. The Morgan fingerprint density at radius 2 is 2.19 bits per heavy atom. The zero-order valence-corrected chi connectivity index (χ0v) is 15.4. The molecule has 4 rings (SSSR count). The molecule has 1 aromatic heterocycles. The number of thiazole rings is 1. The first kappa shape index (κ1) is 17.5. The number of rotatable bonds is 4. The minimum atomic E-state index is -0.217. The van der Waals surface area contributed by atoms with Crippen LogP contribution in [0.2, 0.25) is 0 Å². The molecule has 0 radical (unpaired) electrons. The first-order valence-corrected chi connectivity index (χ1v) is 9.64. The number of hydrogen-bond donors (Lipinski definition) is 1. The first-order valence-electron chi connectivity index (χ1n) is 8.76. The number of ether oxygens (including phenoxy) is 2. The molecule has 0 saturated carbocycles. The van der Waals surface area contributed by atoms with Crippen LogP contribution in [0.5, 0.6) is 11.5 Å². The SMILES string of the molecule is O=C(Nc1nccs1)C1CCCN(C(=O)/C=C/c2ccc3c(c2)OCO3)C1. The molecular weight excluding hydrogens is 366 g/mol. The number of benzene rings is 1. The van der Waals surface area contributed by atoms with Crippen molar-refractivity contribution in [3.8, 4) is 11.5 Å². The summed E-state index contributed by atoms with van der Waals surface area (Å²) in [6, 6.07) is 5.54. The number of anilines is 1. The van der Waals surface area contributed by atoms with E-state index in [1.165, 1.54) is 11.3 Å². The molecule has 0 bridgehead atoms. The summed E-state index contributed by atoms with van der Waals surface area (Å²) in [6.45, 7) is 1.30. The van der Waals surface area contributed by atoms with Gasteiger partial charge in [0.1, 0.15) is 0 Å². The number of nitrogens with one attached hydrogen (secondary N) is 1. The Bertz CT molecular complexity index is 866. The topological polar surface area (TPSA) is 80.8 Å². The number of carbonyl (C=O) groups excluding carboxylic acids is 2. The highest BCUT2D eigenvalue weighted by molar-refractivity contribution is 7.13. The lowest BCUT2D eigenvalue weighted by molar-refractivity contribution is -0.130. The summed E-state index contributed by atoms with van der Waals surface area (Å²) in [7, 11) is 0. The number of hydrogen-bond acceptors (Lipinski definition) is 6.